The average molecular weight is 420 g/mol. The van der Waals surface area contributed by atoms with Crippen LogP contribution in [0.25, 0.3) is 0 Å². The van der Waals surface area contributed by atoms with Crippen molar-refractivity contribution in [3.8, 4) is 5.75 Å². The zero-order chi connectivity index (χ0) is 19.3. The fourth-order valence-corrected chi connectivity index (χ4v) is 3.66. The molecule has 1 amide bonds. The molecule has 1 fully saturated rings. The molecule has 0 radical (unpaired) electrons. The highest BCUT2D eigenvalue weighted by atomic mass is 35.5. The van der Waals surface area contributed by atoms with E-state index in [0.29, 0.717) is 32.2 Å². The van der Waals surface area contributed by atoms with E-state index in [1.54, 1.807) is 0 Å². The molecule has 0 heterocycles. The van der Waals surface area contributed by atoms with E-state index < -0.39 is 0 Å². The lowest BCUT2D eigenvalue weighted by Crippen LogP contribution is -2.30. The van der Waals surface area contributed by atoms with Crippen molar-refractivity contribution in [2.75, 3.05) is 6.61 Å². The molecule has 0 aromatic heterocycles. The highest BCUT2D eigenvalue weighted by Gasteiger charge is 2.30. The Morgan fingerprint density at radius 1 is 1.19 bits per heavy atom. The molecule has 0 aliphatic heterocycles. The van der Waals surface area contributed by atoms with E-state index in [-0.39, 0.29) is 12.5 Å². The third kappa shape index (κ3) is 5.77. The second-order valence-corrected chi connectivity index (χ2v) is 8.54. The van der Waals surface area contributed by atoms with Gasteiger partial charge in [0, 0.05) is 11.8 Å². The Labute approximate surface area is 170 Å². The molecule has 144 valence electrons. The summed E-state index contributed by atoms with van der Waals surface area (Å²) in [6, 6.07) is 2.97. The first-order valence-electron chi connectivity index (χ1n) is 8.84. The highest BCUT2D eigenvalue weighted by Crippen LogP contribution is 2.39. The molecule has 1 aromatic rings. The van der Waals surface area contributed by atoms with Crippen LogP contribution in [0, 0.1) is 11.3 Å². The van der Waals surface area contributed by atoms with Crippen molar-refractivity contribution in [3.05, 3.63) is 27.2 Å². The number of rotatable bonds is 6. The van der Waals surface area contributed by atoms with E-state index in [4.69, 9.17) is 39.5 Å². The quantitative estimate of drug-likeness (QED) is 0.446. The fraction of sp³-hybridized carbons (Fsp3) is 0.579. The summed E-state index contributed by atoms with van der Waals surface area (Å²) >= 11 is 17.8. The van der Waals surface area contributed by atoms with Crippen molar-refractivity contribution in [2.45, 2.75) is 52.9 Å². The van der Waals surface area contributed by atoms with Gasteiger partial charge in [-0.2, -0.15) is 5.10 Å². The number of halogens is 3. The minimum absolute atomic E-state index is 0.194. The van der Waals surface area contributed by atoms with Crippen LogP contribution in [0.5, 0.6) is 5.75 Å². The van der Waals surface area contributed by atoms with Crippen molar-refractivity contribution in [1.82, 2.24) is 5.43 Å². The molecule has 26 heavy (non-hydrogen) atoms. The molecular weight excluding hydrogens is 395 g/mol. The number of carbonyl (C=O) groups excluding carboxylic acids is 1. The van der Waals surface area contributed by atoms with Gasteiger partial charge in [0.15, 0.2) is 6.61 Å². The van der Waals surface area contributed by atoms with Crippen molar-refractivity contribution in [2.24, 2.45) is 16.4 Å². The monoisotopic (exact) mass is 418 g/mol. The molecule has 7 heteroatoms. The Morgan fingerprint density at radius 3 is 2.42 bits per heavy atom. The lowest BCUT2D eigenvalue weighted by atomic mass is 9.69. The molecule has 1 saturated carbocycles. The molecule has 0 bridgehead atoms. The molecule has 0 spiro atoms. The lowest BCUT2D eigenvalue weighted by molar-refractivity contribution is -0.123. The van der Waals surface area contributed by atoms with Crippen LogP contribution in [-0.2, 0) is 4.79 Å². The zero-order valence-corrected chi connectivity index (χ0v) is 17.6. The number of ether oxygens (including phenoxy) is 1. The maximum Gasteiger partial charge on any atom is 0.277 e. The van der Waals surface area contributed by atoms with Crippen LogP contribution in [0.1, 0.15) is 52.9 Å². The van der Waals surface area contributed by atoms with E-state index >= 15 is 0 Å². The number of carbonyl (C=O) groups is 1. The topological polar surface area (TPSA) is 50.7 Å². The van der Waals surface area contributed by atoms with Crippen LogP contribution in [0.3, 0.4) is 0 Å². The Hall–Kier alpha value is -0.970. The fourth-order valence-electron chi connectivity index (χ4n) is 3.06. The first kappa shape index (κ1) is 21.3. The second-order valence-electron chi connectivity index (χ2n) is 7.31. The molecule has 2 rings (SSSR count). The number of benzene rings is 1. The van der Waals surface area contributed by atoms with E-state index in [1.807, 2.05) is 0 Å². The first-order chi connectivity index (χ1) is 12.2. The van der Waals surface area contributed by atoms with Gasteiger partial charge in [0.25, 0.3) is 5.91 Å². The lowest BCUT2D eigenvalue weighted by Gasteiger charge is -2.36. The number of amides is 1. The van der Waals surface area contributed by atoms with Gasteiger partial charge >= 0.3 is 0 Å². The van der Waals surface area contributed by atoms with Crippen molar-refractivity contribution >= 4 is 46.4 Å². The van der Waals surface area contributed by atoms with Crippen molar-refractivity contribution in [3.63, 3.8) is 0 Å². The number of hydrogen-bond acceptors (Lipinski definition) is 3. The predicted molar refractivity (Wildman–Crippen MR) is 109 cm³/mol. The van der Waals surface area contributed by atoms with Crippen LogP contribution >= 0.6 is 34.8 Å². The SMILES string of the molecule is CCC(C)(C)C1CCC(=NNC(=O)COc2cc(Cl)c(Cl)cc2Cl)CC1. The summed E-state index contributed by atoms with van der Waals surface area (Å²) in [7, 11) is 0. The van der Waals surface area contributed by atoms with E-state index in [9.17, 15) is 4.79 Å². The Balaban J connectivity index is 1.81. The number of hydrazone groups is 1. The standard InChI is InChI=1S/C19H25Cl3N2O2/c1-4-19(2,3)12-5-7-13(8-6-12)23-24-18(25)11-26-17-10-15(21)14(20)9-16(17)22/h9-10,12H,4-8,11H2,1-3H3,(H,24,25). The van der Waals surface area contributed by atoms with Gasteiger partial charge in [-0.3, -0.25) is 4.79 Å². The maximum atomic E-state index is 11.9. The van der Waals surface area contributed by atoms with Crippen LogP contribution in [0.4, 0.5) is 0 Å². The van der Waals surface area contributed by atoms with Gasteiger partial charge in [0.05, 0.1) is 15.1 Å². The minimum Gasteiger partial charge on any atom is -0.482 e. The van der Waals surface area contributed by atoms with Gasteiger partial charge in [0.1, 0.15) is 5.75 Å². The smallest absolute Gasteiger partial charge is 0.277 e. The van der Waals surface area contributed by atoms with E-state index in [2.05, 4.69) is 31.3 Å². The molecule has 4 nitrogen and oxygen atoms in total. The third-order valence-electron chi connectivity index (χ3n) is 5.25. The van der Waals surface area contributed by atoms with Gasteiger partial charge in [-0.05, 0) is 43.1 Å². The van der Waals surface area contributed by atoms with Crippen LogP contribution in [-0.4, -0.2) is 18.2 Å². The van der Waals surface area contributed by atoms with Gasteiger partial charge in [0.2, 0.25) is 0 Å². The van der Waals surface area contributed by atoms with Gasteiger partial charge in [-0.25, -0.2) is 5.43 Å². The highest BCUT2D eigenvalue weighted by molar-refractivity contribution is 6.43. The molecule has 0 unspecified atom stereocenters. The normalized spacial score (nSPS) is 17.8. The van der Waals surface area contributed by atoms with Crippen molar-refractivity contribution in [1.29, 1.82) is 0 Å². The first-order valence-corrected chi connectivity index (χ1v) is 9.98. The summed E-state index contributed by atoms with van der Waals surface area (Å²) in [4.78, 5) is 11.9. The number of nitrogens with zero attached hydrogens (tertiary/aromatic N) is 1. The molecular formula is C19H25Cl3N2O2. The van der Waals surface area contributed by atoms with Crippen LogP contribution in [0.15, 0.2) is 17.2 Å². The summed E-state index contributed by atoms with van der Waals surface area (Å²) < 4.78 is 5.39. The van der Waals surface area contributed by atoms with E-state index in [1.165, 1.54) is 18.6 Å². The zero-order valence-electron chi connectivity index (χ0n) is 15.4. The van der Waals surface area contributed by atoms with Gasteiger partial charge in [-0.1, -0.05) is 62.0 Å². The molecule has 1 aromatic carbocycles. The van der Waals surface area contributed by atoms with Gasteiger partial charge in [-0.15, -0.1) is 0 Å². The Morgan fingerprint density at radius 2 is 1.81 bits per heavy atom. The summed E-state index contributed by atoms with van der Waals surface area (Å²) in [5.41, 5.74) is 3.96. The number of hydrogen-bond donors (Lipinski definition) is 1. The van der Waals surface area contributed by atoms with E-state index in [0.717, 1.165) is 31.4 Å². The summed E-state index contributed by atoms with van der Waals surface area (Å²) in [6.45, 7) is 6.70. The summed E-state index contributed by atoms with van der Waals surface area (Å²) in [5, 5.41) is 5.20. The molecule has 1 aliphatic carbocycles. The summed E-state index contributed by atoms with van der Waals surface area (Å²) in [5.74, 6) is 0.684. The minimum atomic E-state index is -0.337. The Bertz CT molecular complexity index is 680. The second kappa shape index (κ2) is 9.29. The van der Waals surface area contributed by atoms with Crippen molar-refractivity contribution < 1.29 is 9.53 Å². The molecule has 1 N–H and O–H groups in total. The largest absolute Gasteiger partial charge is 0.482 e. The molecule has 0 saturated heterocycles. The maximum absolute atomic E-state index is 11.9. The summed E-state index contributed by atoms with van der Waals surface area (Å²) in [6.07, 6.45) is 5.26. The van der Waals surface area contributed by atoms with Crippen LogP contribution in [0.2, 0.25) is 15.1 Å². The Kier molecular flexibility index (Phi) is 7.63. The third-order valence-corrected chi connectivity index (χ3v) is 6.27. The predicted octanol–water partition coefficient (Wildman–Crippen LogP) is 6.12. The van der Waals surface area contributed by atoms with Crippen LogP contribution < -0.4 is 10.2 Å². The molecule has 0 atom stereocenters. The number of nitrogens with one attached hydrogen (secondary N) is 1. The van der Waals surface area contributed by atoms with Gasteiger partial charge < -0.3 is 4.74 Å². The average Bonchev–Trinajstić information content (AvgIpc) is 2.62. The molecule has 1 aliphatic rings.